The summed E-state index contributed by atoms with van der Waals surface area (Å²) in [5.74, 6) is 0. The minimum atomic E-state index is -0.288. The Kier molecular flexibility index (Phi) is 6.36. The third-order valence-corrected chi connectivity index (χ3v) is 4.39. The zero-order valence-electron chi connectivity index (χ0n) is 10.2. The molecule has 0 saturated heterocycles. The minimum Gasteiger partial charge on any atom is -0.388 e. The number of rotatable bonds is 6. The van der Waals surface area contributed by atoms with Gasteiger partial charge in [-0.05, 0) is 47.1 Å². The second-order valence-corrected chi connectivity index (χ2v) is 5.42. The molecule has 1 aromatic rings. The monoisotopic (exact) mass is 332 g/mol. The summed E-state index contributed by atoms with van der Waals surface area (Å²) in [6.45, 7) is 4.30. The molecule has 0 bridgehead atoms. The first-order valence-corrected chi connectivity index (χ1v) is 7.17. The Morgan fingerprint density at radius 2 is 2.00 bits per heavy atom. The molecule has 0 fully saturated rings. The quantitative estimate of drug-likeness (QED) is 0.596. The Bertz CT molecular complexity index is 323. The van der Waals surface area contributed by atoms with Crippen LogP contribution < -0.4 is 0 Å². The van der Waals surface area contributed by atoms with E-state index in [1.54, 1.807) is 0 Å². The van der Waals surface area contributed by atoms with Gasteiger partial charge in [0.2, 0.25) is 0 Å². The summed E-state index contributed by atoms with van der Waals surface area (Å²) < 4.78 is 1.21. The maximum absolute atomic E-state index is 10.1. The van der Waals surface area contributed by atoms with Crippen LogP contribution in [0.2, 0.25) is 0 Å². The number of hydrogen-bond donors (Lipinski definition) is 1. The number of aryl methyl sites for hydroxylation is 1. The number of aliphatic hydroxyl groups excluding tert-OH is 1. The first kappa shape index (κ1) is 14.0. The van der Waals surface area contributed by atoms with E-state index in [0.29, 0.717) is 0 Å². The smallest absolute Gasteiger partial charge is 0.0800 e. The van der Waals surface area contributed by atoms with Crippen LogP contribution in [0.5, 0.6) is 0 Å². The molecule has 0 saturated carbocycles. The van der Waals surface area contributed by atoms with E-state index < -0.39 is 0 Å². The van der Waals surface area contributed by atoms with Crippen LogP contribution in [-0.4, -0.2) is 5.11 Å². The van der Waals surface area contributed by atoms with Crippen molar-refractivity contribution in [2.24, 2.45) is 0 Å². The number of unbranched alkanes of at least 4 members (excludes halogenated alkanes) is 3. The lowest BCUT2D eigenvalue weighted by Gasteiger charge is -2.14. The second kappa shape index (κ2) is 7.28. The van der Waals surface area contributed by atoms with Gasteiger partial charge in [-0.2, -0.15) is 0 Å². The minimum absolute atomic E-state index is 0.288. The van der Waals surface area contributed by atoms with Gasteiger partial charge in [-0.25, -0.2) is 0 Å². The molecule has 0 radical (unpaired) electrons. The zero-order chi connectivity index (χ0) is 12.0. The van der Waals surface area contributed by atoms with Gasteiger partial charge in [0.1, 0.15) is 0 Å². The van der Waals surface area contributed by atoms with Crippen LogP contribution in [0.4, 0.5) is 0 Å². The standard InChI is InChI=1S/C14H21IO/c1-3-4-5-6-10-13(16)12-9-7-8-11(2)14(12)15/h7-9,13,16H,3-6,10H2,1-2H3. The largest absolute Gasteiger partial charge is 0.388 e. The summed E-state index contributed by atoms with van der Waals surface area (Å²) in [4.78, 5) is 0. The molecule has 90 valence electrons. The van der Waals surface area contributed by atoms with Gasteiger partial charge in [-0.15, -0.1) is 0 Å². The summed E-state index contributed by atoms with van der Waals surface area (Å²) in [6, 6.07) is 6.16. The van der Waals surface area contributed by atoms with Crippen LogP contribution in [0, 0.1) is 10.5 Å². The molecule has 16 heavy (non-hydrogen) atoms. The van der Waals surface area contributed by atoms with E-state index in [1.807, 2.05) is 12.1 Å². The molecular formula is C14H21IO. The van der Waals surface area contributed by atoms with Crippen LogP contribution in [0.3, 0.4) is 0 Å². The van der Waals surface area contributed by atoms with E-state index in [1.165, 1.54) is 28.4 Å². The summed E-state index contributed by atoms with van der Waals surface area (Å²) in [7, 11) is 0. The summed E-state index contributed by atoms with van der Waals surface area (Å²) in [5, 5.41) is 10.1. The summed E-state index contributed by atoms with van der Waals surface area (Å²) >= 11 is 2.33. The fraction of sp³-hybridized carbons (Fsp3) is 0.571. The van der Waals surface area contributed by atoms with Crippen LogP contribution >= 0.6 is 22.6 Å². The van der Waals surface area contributed by atoms with Gasteiger partial charge in [-0.1, -0.05) is 50.8 Å². The number of halogens is 1. The van der Waals surface area contributed by atoms with Gasteiger partial charge in [0.15, 0.2) is 0 Å². The Labute approximate surface area is 112 Å². The fourth-order valence-corrected chi connectivity index (χ4v) is 2.57. The second-order valence-electron chi connectivity index (χ2n) is 4.34. The highest BCUT2D eigenvalue weighted by Crippen LogP contribution is 2.26. The van der Waals surface area contributed by atoms with Crippen molar-refractivity contribution >= 4 is 22.6 Å². The van der Waals surface area contributed by atoms with Gasteiger partial charge in [0.25, 0.3) is 0 Å². The van der Waals surface area contributed by atoms with Gasteiger partial charge >= 0.3 is 0 Å². The molecule has 0 amide bonds. The first-order chi connectivity index (χ1) is 7.66. The van der Waals surface area contributed by atoms with Crippen LogP contribution in [0.1, 0.15) is 56.3 Å². The highest BCUT2D eigenvalue weighted by atomic mass is 127. The molecule has 1 aromatic carbocycles. The van der Waals surface area contributed by atoms with Crippen molar-refractivity contribution in [3.8, 4) is 0 Å². The first-order valence-electron chi connectivity index (χ1n) is 6.10. The van der Waals surface area contributed by atoms with Crippen molar-refractivity contribution in [1.29, 1.82) is 0 Å². The van der Waals surface area contributed by atoms with E-state index in [2.05, 4.69) is 42.5 Å². The topological polar surface area (TPSA) is 20.2 Å². The highest BCUT2D eigenvalue weighted by Gasteiger charge is 2.11. The van der Waals surface area contributed by atoms with Crippen molar-refractivity contribution in [3.63, 3.8) is 0 Å². The molecule has 0 aliphatic carbocycles. The van der Waals surface area contributed by atoms with Crippen LogP contribution in [0.25, 0.3) is 0 Å². The Morgan fingerprint density at radius 1 is 1.25 bits per heavy atom. The molecule has 0 aromatic heterocycles. The zero-order valence-corrected chi connectivity index (χ0v) is 12.3. The van der Waals surface area contributed by atoms with E-state index in [0.717, 1.165) is 18.4 Å². The van der Waals surface area contributed by atoms with Gasteiger partial charge in [-0.3, -0.25) is 0 Å². The molecular weight excluding hydrogens is 311 g/mol. The van der Waals surface area contributed by atoms with Gasteiger partial charge in [0.05, 0.1) is 6.10 Å². The molecule has 1 unspecified atom stereocenters. The number of hydrogen-bond acceptors (Lipinski definition) is 1. The highest BCUT2D eigenvalue weighted by molar-refractivity contribution is 14.1. The number of benzene rings is 1. The molecule has 1 rings (SSSR count). The van der Waals surface area contributed by atoms with Gasteiger partial charge in [0, 0.05) is 3.57 Å². The molecule has 0 spiro atoms. The average Bonchev–Trinajstić information content (AvgIpc) is 2.28. The van der Waals surface area contributed by atoms with Crippen LogP contribution in [0.15, 0.2) is 18.2 Å². The third-order valence-electron chi connectivity index (χ3n) is 2.91. The number of aliphatic hydroxyl groups is 1. The van der Waals surface area contributed by atoms with Crippen molar-refractivity contribution in [2.75, 3.05) is 0 Å². The fourth-order valence-electron chi connectivity index (χ4n) is 1.85. The maximum Gasteiger partial charge on any atom is 0.0800 e. The normalized spacial score (nSPS) is 12.8. The molecule has 0 aliphatic heterocycles. The Hall–Kier alpha value is -0.0900. The predicted molar refractivity (Wildman–Crippen MR) is 77.6 cm³/mol. The Morgan fingerprint density at radius 3 is 2.69 bits per heavy atom. The predicted octanol–water partition coefficient (Wildman–Crippen LogP) is 4.60. The molecule has 1 N–H and O–H groups in total. The van der Waals surface area contributed by atoms with Crippen molar-refractivity contribution in [2.45, 2.75) is 52.1 Å². The molecule has 1 atom stereocenters. The van der Waals surface area contributed by atoms with E-state index in [-0.39, 0.29) is 6.10 Å². The maximum atomic E-state index is 10.1. The van der Waals surface area contributed by atoms with Gasteiger partial charge < -0.3 is 5.11 Å². The van der Waals surface area contributed by atoms with E-state index in [4.69, 9.17) is 0 Å². The lowest BCUT2D eigenvalue weighted by Crippen LogP contribution is -2.01. The van der Waals surface area contributed by atoms with E-state index >= 15 is 0 Å². The summed E-state index contributed by atoms with van der Waals surface area (Å²) in [6.07, 6.45) is 5.48. The third kappa shape index (κ3) is 4.06. The van der Waals surface area contributed by atoms with E-state index in [9.17, 15) is 5.11 Å². The van der Waals surface area contributed by atoms with Crippen LogP contribution in [-0.2, 0) is 0 Å². The molecule has 1 nitrogen and oxygen atoms in total. The summed E-state index contributed by atoms with van der Waals surface area (Å²) in [5.41, 5.74) is 2.35. The van der Waals surface area contributed by atoms with Crippen molar-refractivity contribution in [1.82, 2.24) is 0 Å². The SMILES string of the molecule is CCCCCCC(O)c1cccc(C)c1I. The lowest BCUT2D eigenvalue weighted by molar-refractivity contribution is 0.162. The van der Waals surface area contributed by atoms with Crippen molar-refractivity contribution in [3.05, 3.63) is 32.9 Å². The molecule has 0 heterocycles. The average molecular weight is 332 g/mol. The van der Waals surface area contributed by atoms with Crippen molar-refractivity contribution < 1.29 is 5.11 Å². The Balaban J connectivity index is 2.52. The molecule has 0 aliphatic rings. The molecule has 2 heteroatoms. The lowest BCUT2D eigenvalue weighted by atomic mass is 10.0.